The van der Waals surface area contributed by atoms with Crippen molar-refractivity contribution in [3.8, 4) is 17.1 Å². The van der Waals surface area contributed by atoms with Gasteiger partial charge in [-0.25, -0.2) is 0 Å². The fraction of sp³-hybridized carbons (Fsp3) is 0. The number of nitrogens with zero attached hydrogens (tertiary/aromatic N) is 4. The predicted octanol–water partition coefficient (Wildman–Crippen LogP) is 4.20. The number of hydrogen-bond acceptors (Lipinski definition) is 4. The number of tetrazole rings is 1. The zero-order valence-electron chi connectivity index (χ0n) is 10.5. The summed E-state index contributed by atoms with van der Waals surface area (Å²) in [5, 5.41) is 12.0. The number of halogens is 3. The monoisotopic (exact) mass is 471 g/mol. The van der Waals surface area contributed by atoms with E-state index in [0.717, 1.165) is 24.7 Å². The molecule has 0 aliphatic heterocycles. The Labute approximate surface area is 145 Å². The molecule has 0 unspecified atom stereocenters. The second-order valence-electron chi connectivity index (χ2n) is 4.22. The van der Waals surface area contributed by atoms with E-state index < -0.39 is 0 Å². The van der Waals surface area contributed by atoms with E-state index in [1.807, 2.05) is 36.4 Å². The third-order valence-electron chi connectivity index (χ3n) is 2.86. The minimum Gasteiger partial charge on any atom is -0.398 e. The zero-order valence-corrected chi connectivity index (χ0v) is 15.2. The summed E-state index contributed by atoms with van der Waals surface area (Å²) < 4.78 is 4.30. The molecule has 0 fully saturated rings. The number of nitrogen functional groups attached to an aromatic ring is 1. The second-order valence-corrected chi connectivity index (χ2v) is 6.84. The molecule has 2 aromatic carbocycles. The highest BCUT2D eigenvalue weighted by molar-refractivity contribution is 9.11. The van der Waals surface area contributed by atoms with Crippen molar-refractivity contribution in [3.05, 3.63) is 49.8 Å². The van der Waals surface area contributed by atoms with Crippen molar-refractivity contribution < 1.29 is 0 Å². The molecule has 5 nitrogen and oxygen atoms in total. The molecule has 2 N–H and O–H groups in total. The summed E-state index contributed by atoms with van der Waals surface area (Å²) in [6.07, 6.45) is 0. The largest absolute Gasteiger partial charge is 0.398 e. The minimum absolute atomic E-state index is 0.580. The third-order valence-corrected chi connectivity index (χ3v) is 4.53. The fourth-order valence-corrected chi connectivity index (χ4v) is 4.54. The lowest BCUT2D eigenvalue weighted by Crippen LogP contribution is -2.03. The van der Waals surface area contributed by atoms with Gasteiger partial charge in [-0.2, -0.15) is 4.68 Å². The summed E-state index contributed by atoms with van der Waals surface area (Å²) in [6, 6.07) is 11.3. The zero-order chi connectivity index (χ0) is 15.0. The number of benzene rings is 2. The summed E-state index contributed by atoms with van der Waals surface area (Å²) in [4.78, 5) is 0. The molecule has 1 heterocycles. The predicted molar refractivity (Wildman–Crippen MR) is 92.1 cm³/mol. The van der Waals surface area contributed by atoms with Crippen molar-refractivity contribution in [2.24, 2.45) is 0 Å². The lowest BCUT2D eigenvalue weighted by Gasteiger charge is -2.11. The molecule has 0 amide bonds. The first-order valence-electron chi connectivity index (χ1n) is 5.86. The minimum atomic E-state index is 0.580. The summed E-state index contributed by atoms with van der Waals surface area (Å²) in [6.45, 7) is 0. The van der Waals surface area contributed by atoms with Crippen LogP contribution in [0.5, 0.6) is 0 Å². The van der Waals surface area contributed by atoms with E-state index in [1.54, 1.807) is 4.68 Å². The topological polar surface area (TPSA) is 69.6 Å². The highest BCUT2D eigenvalue weighted by atomic mass is 79.9. The van der Waals surface area contributed by atoms with Gasteiger partial charge in [0.15, 0.2) is 5.82 Å². The molecule has 3 rings (SSSR count). The van der Waals surface area contributed by atoms with Gasteiger partial charge in [0.25, 0.3) is 0 Å². The van der Waals surface area contributed by atoms with Gasteiger partial charge in [-0.3, -0.25) is 0 Å². The summed E-state index contributed by atoms with van der Waals surface area (Å²) >= 11 is 10.5. The van der Waals surface area contributed by atoms with Crippen LogP contribution in [0.15, 0.2) is 49.8 Å². The Bertz CT molecular complexity index is 792. The Morgan fingerprint density at radius 1 is 1.00 bits per heavy atom. The molecule has 0 saturated heterocycles. The maximum Gasteiger partial charge on any atom is 0.189 e. The highest BCUT2D eigenvalue weighted by Crippen LogP contribution is 2.35. The van der Waals surface area contributed by atoms with Crippen LogP contribution >= 0.6 is 47.8 Å². The normalized spacial score (nSPS) is 10.8. The van der Waals surface area contributed by atoms with E-state index in [0.29, 0.717) is 11.5 Å². The Morgan fingerprint density at radius 2 is 1.67 bits per heavy atom. The number of anilines is 1. The molecule has 21 heavy (non-hydrogen) atoms. The van der Waals surface area contributed by atoms with Gasteiger partial charge in [0.1, 0.15) is 0 Å². The molecule has 1 aromatic heterocycles. The molecule has 0 spiro atoms. The number of nitrogens with two attached hydrogens (primary N) is 1. The van der Waals surface area contributed by atoms with Crippen molar-refractivity contribution in [1.29, 1.82) is 0 Å². The maximum atomic E-state index is 6.02. The Morgan fingerprint density at radius 3 is 2.33 bits per heavy atom. The van der Waals surface area contributed by atoms with E-state index in [1.165, 1.54) is 0 Å². The first kappa shape index (κ1) is 14.7. The molecule has 0 aliphatic rings. The Balaban J connectivity index is 2.24. The van der Waals surface area contributed by atoms with Gasteiger partial charge < -0.3 is 5.73 Å². The SMILES string of the molecule is Nc1ccccc1-c1nnnn1-c1c(Br)cc(Br)cc1Br. The second kappa shape index (κ2) is 5.86. The molecule has 8 heteroatoms. The van der Waals surface area contributed by atoms with Gasteiger partial charge in [-0.05, 0) is 66.6 Å². The average molecular weight is 474 g/mol. The molecular formula is C13H8Br3N5. The maximum absolute atomic E-state index is 6.02. The van der Waals surface area contributed by atoms with Crippen LogP contribution in [-0.2, 0) is 0 Å². The number of hydrogen-bond donors (Lipinski definition) is 1. The van der Waals surface area contributed by atoms with Gasteiger partial charge >= 0.3 is 0 Å². The van der Waals surface area contributed by atoms with Crippen molar-refractivity contribution in [3.63, 3.8) is 0 Å². The van der Waals surface area contributed by atoms with Crippen LogP contribution in [0.3, 0.4) is 0 Å². The Kier molecular flexibility index (Phi) is 4.10. The van der Waals surface area contributed by atoms with Gasteiger partial charge in [0.05, 0.1) is 5.69 Å². The van der Waals surface area contributed by atoms with Crippen molar-refractivity contribution in [1.82, 2.24) is 20.2 Å². The van der Waals surface area contributed by atoms with Crippen LogP contribution in [0.2, 0.25) is 0 Å². The lowest BCUT2D eigenvalue weighted by atomic mass is 10.1. The molecule has 0 radical (unpaired) electrons. The van der Waals surface area contributed by atoms with E-state index in [4.69, 9.17) is 5.73 Å². The van der Waals surface area contributed by atoms with Crippen LogP contribution in [0.1, 0.15) is 0 Å². The molecule has 106 valence electrons. The average Bonchev–Trinajstić information content (AvgIpc) is 2.87. The van der Waals surface area contributed by atoms with Gasteiger partial charge in [0.2, 0.25) is 0 Å². The van der Waals surface area contributed by atoms with E-state index in [2.05, 4.69) is 63.3 Å². The molecule has 0 saturated carbocycles. The third kappa shape index (κ3) is 2.75. The lowest BCUT2D eigenvalue weighted by molar-refractivity contribution is 0.786. The van der Waals surface area contributed by atoms with E-state index >= 15 is 0 Å². The van der Waals surface area contributed by atoms with Crippen LogP contribution < -0.4 is 5.73 Å². The number of aromatic nitrogens is 4. The van der Waals surface area contributed by atoms with Crippen LogP contribution in [-0.4, -0.2) is 20.2 Å². The van der Waals surface area contributed by atoms with Crippen molar-refractivity contribution in [2.75, 3.05) is 5.73 Å². The summed E-state index contributed by atoms with van der Waals surface area (Å²) in [7, 11) is 0. The van der Waals surface area contributed by atoms with Gasteiger partial charge in [0, 0.05) is 24.7 Å². The molecule has 0 atom stereocenters. The summed E-state index contributed by atoms with van der Waals surface area (Å²) in [5.74, 6) is 0.580. The Hall–Kier alpha value is -1.25. The van der Waals surface area contributed by atoms with Crippen LogP contribution in [0.25, 0.3) is 17.1 Å². The van der Waals surface area contributed by atoms with Crippen LogP contribution in [0, 0.1) is 0 Å². The van der Waals surface area contributed by atoms with Crippen molar-refractivity contribution >= 4 is 53.5 Å². The molecule has 0 aliphatic carbocycles. The van der Waals surface area contributed by atoms with Crippen LogP contribution in [0.4, 0.5) is 5.69 Å². The number of rotatable bonds is 2. The van der Waals surface area contributed by atoms with E-state index in [9.17, 15) is 0 Å². The standard InChI is InChI=1S/C13H8Br3N5/c14-7-5-9(15)12(10(16)6-7)21-13(18-19-20-21)8-3-1-2-4-11(8)17/h1-6H,17H2. The molecule has 3 aromatic rings. The summed E-state index contributed by atoms with van der Waals surface area (Å²) in [5.41, 5.74) is 8.23. The quantitative estimate of drug-likeness (QED) is 0.566. The van der Waals surface area contributed by atoms with E-state index in [-0.39, 0.29) is 0 Å². The van der Waals surface area contributed by atoms with Gasteiger partial charge in [-0.15, -0.1) is 5.10 Å². The first-order valence-corrected chi connectivity index (χ1v) is 8.24. The van der Waals surface area contributed by atoms with Crippen molar-refractivity contribution in [2.45, 2.75) is 0 Å². The fourth-order valence-electron chi connectivity index (χ4n) is 1.94. The van der Waals surface area contributed by atoms with Gasteiger partial charge in [-0.1, -0.05) is 28.1 Å². The molecule has 0 bridgehead atoms. The number of para-hydroxylation sites is 1. The smallest absolute Gasteiger partial charge is 0.189 e. The molecular weight excluding hydrogens is 466 g/mol. The highest BCUT2D eigenvalue weighted by Gasteiger charge is 2.17. The first-order chi connectivity index (χ1) is 10.1.